The third kappa shape index (κ3) is 4.35. The Balaban J connectivity index is 3.73. The van der Waals surface area contributed by atoms with Crippen molar-refractivity contribution in [2.45, 2.75) is 24.0 Å². The van der Waals surface area contributed by atoms with E-state index in [1.807, 2.05) is 0 Å². The van der Waals surface area contributed by atoms with Crippen LogP contribution in [0.4, 0.5) is 26.3 Å². The fraction of sp³-hybridized carbons (Fsp3) is 0.375. The number of ether oxygens (including phenoxy) is 1. The van der Waals surface area contributed by atoms with Crippen molar-refractivity contribution < 1.29 is 39.5 Å². The van der Waals surface area contributed by atoms with E-state index in [1.54, 1.807) is 0 Å². The maximum atomic E-state index is 12.6. The highest BCUT2D eigenvalue weighted by Crippen LogP contribution is 2.40. The summed E-state index contributed by atoms with van der Waals surface area (Å²) in [5, 5.41) is 0. The van der Waals surface area contributed by atoms with E-state index < -0.39 is 50.0 Å². The molecule has 5 nitrogen and oxygen atoms in total. The Morgan fingerprint density at radius 1 is 1.24 bits per heavy atom. The molecule has 0 aliphatic heterocycles. The average Bonchev–Trinajstić information content (AvgIpc) is 2.23. The van der Waals surface area contributed by atoms with Crippen LogP contribution in [0.3, 0.4) is 0 Å². The van der Waals surface area contributed by atoms with Gasteiger partial charge in [-0.05, 0) is 0 Å². The fourth-order valence-electron chi connectivity index (χ4n) is 1.35. The van der Waals surface area contributed by atoms with Crippen molar-refractivity contribution in [2.75, 3.05) is 0 Å². The maximum absolute atomic E-state index is 12.6. The number of halogens is 7. The van der Waals surface area contributed by atoms with Gasteiger partial charge in [-0.1, -0.05) is 0 Å². The molecule has 0 atom stereocenters. The number of hydrogen-bond acceptors (Lipinski definition) is 5. The summed E-state index contributed by atoms with van der Waals surface area (Å²) in [6.07, 6.45) is -10.6. The van der Waals surface area contributed by atoms with Crippen LogP contribution in [0.5, 0.6) is 5.75 Å². The highest BCUT2D eigenvalue weighted by atomic mass is 35.7. The first kappa shape index (κ1) is 17.8. The third-order valence-electron chi connectivity index (χ3n) is 2.05. The first-order valence-corrected chi connectivity index (χ1v) is 7.08. The molecular weight excluding hydrogens is 354 g/mol. The minimum Gasteiger partial charge on any atom is -0.404 e. The first-order chi connectivity index (χ1) is 9.27. The SMILES string of the molecule is NCc1c(C(F)(F)F)ncc(S(=O)(=O)Cl)c1OC(F)(F)F. The van der Waals surface area contributed by atoms with Crippen molar-refractivity contribution in [3.8, 4) is 5.75 Å². The minimum atomic E-state index is -5.45. The molecule has 13 heteroatoms. The second-order valence-electron chi connectivity index (χ2n) is 3.47. The number of hydrogen-bond donors (Lipinski definition) is 1. The van der Waals surface area contributed by atoms with Gasteiger partial charge in [-0.25, -0.2) is 13.4 Å². The number of nitrogens with two attached hydrogens (primary N) is 1. The Hall–Kier alpha value is -1.27. The molecule has 21 heavy (non-hydrogen) atoms. The predicted octanol–water partition coefficient (Wildman–Crippen LogP) is 2.39. The van der Waals surface area contributed by atoms with Crippen molar-refractivity contribution in [2.24, 2.45) is 5.73 Å². The van der Waals surface area contributed by atoms with Crippen LogP contribution in [0.1, 0.15) is 11.3 Å². The van der Waals surface area contributed by atoms with Gasteiger partial charge in [0.05, 0.1) is 6.20 Å². The highest BCUT2D eigenvalue weighted by molar-refractivity contribution is 8.13. The molecule has 1 aromatic rings. The van der Waals surface area contributed by atoms with Crippen LogP contribution < -0.4 is 10.5 Å². The lowest BCUT2D eigenvalue weighted by atomic mass is 10.1. The van der Waals surface area contributed by atoms with Gasteiger partial charge in [-0.15, -0.1) is 13.2 Å². The Bertz CT molecular complexity index is 643. The maximum Gasteiger partial charge on any atom is 0.573 e. The molecule has 1 rings (SSSR count). The van der Waals surface area contributed by atoms with Gasteiger partial charge in [0.25, 0.3) is 9.05 Å². The van der Waals surface area contributed by atoms with Crippen molar-refractivity contribution in [1.82, 2.24) is 4.98 Å². The van der Waals surface area contributed by atoms with E-state index in [0.29, 0.717) is 0 Å². The zero-order valence-corrected chi connectivity index (χ0v) is 11.2. The molecule has 1 heterocycles. The third-order valence-corrected chi connectivity index (χ3v) is 3.36. The molecule has 0 spiro atoms. The molecule has 2 N–H and O–H groups in total. The van der Waals surface area contributed by atoms with E-state index in [9.17, 15) is 34.8 Å². The molecule has 120 valence electrons. The summed E-state index contributed by atoms with van der Waals surface area (Å²) in [6.45, 7) is -1.10. The number of pyridine rings is 1. The lowest BCUT2D eigenvalue weighted by Gasteiger charge is -2.18. The molecule has 0 fully saturated rings. The van der Waals surface area contributed by atoms with Crippen LogP contribution >= 0.6 is 10.7 Å². The zero-order valence-electron chi connectivity index (χ0n) is 9.59. The second-order valence-corrected chi connectivity index (χ2v) is 6.00. The van der Waals surface area contributed by atoms with Gasteiger partial charge in [-0.3, -0.25) is 0 Å². The van der Waals surface area contributed by atoms with Crippen LogP contribution in [0, 0.1) is 0 Å². The largest absolute Gasteiger partial charge is 0.573 e. The van der Waals surface area contributed by atoms with Gasteiger partial charge in [0.2, 0.25) is 0 Å². The van der Waals surface area contributed by atoms with Crippen molar-refractivity contribution in [1.29, 1.82) is 0 Å². The molecule has 0 aromatic carbocycles. The van der Waals surface area contributed by atoms with Crippen LogP contribution in [0.15, 0.2) is 11.1 Å². The smallest absolute Gasteiger partial charge is 0.404 e. The van der Waals surface area contributed by atoms with Gasteiger partial charge < -0.3 is 10.5 Å². The van der Waals surface area contributed by atoms with E-state index in [0.717, 1.165) is 0 Å². The normalized spacial score (nSPS) is 13.3. The summed E-state index contributed by atoms with van der Waals surface area (Å²) in [5.41, 5.74) is 1.88. The number of rotatable bonds is 3. The summed E-state index contributed by atoms with van der Waals surface area (Å²) in [4.78, 5) is 1.40. The lowest BCUT2D eigenvalue weighted by Crippen LogP contribution is -2.23. The summed E-state index contributed by atoms with van der Waals surface area (Å²) < 4.78 is 100. The van der Waals surface area contributed by atoms with Crippen molar-refractivity contribution in [3.63, 3.8) is 0 Å². The lowest BCUT2D eigenvalue weighted by molar-refractivity contribution is -0.276. The number of alkyl halides is 6. The standard InChI is InChI=1S/C8H5ClF6N2O3S/c9-21(18,19)4-2-17-6(7(10,11)12)3(1-16)5(4)20-8(13,14)15/h2H,1,16H2. The fourth-order valence-corrected chi connectivity index (χ4v) is 2.25. The molecule has 0 amide bonds. The van der Waals surface area contributed by atoms with E-state index in [4.69, 9.17) is 16.4 Å². The molecule has 0 unspecified atom stereocenters. The number of aromatic nitrogens is 1. The Labute approximate surface area is 118 Å². The monoisotopic (exact) mass is 358 g/mol. The summed E-state index contributed by atoms with van der Waals surface area (Å²) in [5.74, 6) is -1.65. The van der Waals surface area contributed by atoms with Crippen molar-refractivity contribution in [3.05, 3.63) is 17.5 Å². The van der Waals surface area contributed by atoms with Gasteiger partial charge in [0.15, 0.2) is 11.4 Å². The summed E-state index contributed by atoms with van der Waals surface area (Å²) in [7, 11) is 0.0120. The Morgan fingerprint density at radius 3 is 2.10 bits per heavy atom. The van der Waals surface area contributed by atoms with Crippen LogP contribution in [-0.2, 0) is 21.8 Å². The van der Waals surface area contributed by atoms with E-state index >= 15 is 0 Å². The van der Waals surface area contributed by atoms with Gasteiger partial charge >= 0.3 is 12.5 Å². The molecule has 0 saturated heterocycles. The topological polar surface area (TPSA) is 82.3 Å². The van der Waals surface area contributed by atoms with Gasteiger partial charge in [0.1, 0.15) is 4.90 Å². The quantitative estimate of drug-likeness (QED) is 0.662. The number of nitrogens with zero attached hydrogens (tertiary/aromatic N) is 1. The molecule has 0 aliphatic carbocycles. The molecule has 0 radical (unpaired) electrons. The molecule has 1 aromatic heterocycles. The van der Waals surface area contributed by atoms with E-state index in [-0.39, 0.29) is 6.20 Å². The first-order valence-electron chi connectivity index (χ1n) is 4.77. The minimum absolute atomic E-state index is 0.0192. The van der Waals surface area contributed by atoms with Gasteiger partial charge in [-0.2, -0.15) is 13.2 Å². The van der Waals surface area contributed by atoms with Crippen LogP contribution in [0.25, 0.3) is 0 Å². The molecule has 0 aliphatic rings. The van der Waals surface area contributed by atoms with E-state index in [1.165, 1.54) is 0 Å². The second kappa shape index (κ2) is 5.50. The average molecular weight is 359 g/mol. The highest BCUT2D eigenvalue weighted by Gasteiger charge is 2.41. The van der Waals surface area contributed by atoms with Crippen LogP contribution in [-0.4, -0.2) is 19.8 Å². The summed E-state index contributed by atoms with van der Waals surface area (Å²) in [6, 6.07) is 0. The Morgan fingerprint density at radius 2 is 1.76 bits per heavy atom. The summed E-state index contributed by atoms with van der Waals surface area (Å²) >= 11 is 0. The van der Waals surface area contributed by atoms with Crippen LogP contribution in [0.2, 0.25) is 0 Å². The molecule has 0 saturated carbocycles. The Kier molecular flexibility index (Phi) is 4.65. The molecular formula is C8H5ClF6N2O3S. The predicted molar refractivity (Wildman–Crippen MR) is 56.9 cm³/mol. The molecule has 0 bridgehead atoms. The van der Waals surface area contributed by atoms with E-state index in [2.05, 4.69) is 9.72 Å². The van der Waals surface area contributed by atoms with Gasteiger partial charge in [0, 0.05) is 22.8 Å². The zero-order chi connectivity index (χ0) is 16.6. The van der Waals surface area contributed by atoms with Crippen molar-refractivity contribution >= 4 is 19.7 Å².